The zero-order valence-electron chi connectivity index (χ0n) is 12.0. The third-order valence-corrected chi connectivity index (χ3v) is 3.85. The van der Waals surface area contributed by atoms with E-state index in [4.69, 9.17) is 5.11 Å². The van der Waals surface area contributed by atoms with Gasteiger partial charge in [0.05, 0.1) is 5.56 Å². The zero-order valence-corrected chi connectivity index (χ0v) is 12.0. The summed E-state index contributed by atoms with van der Waals surface area (Å²) in [6.45, 7) is 3.92. The van der Waals surface area contributed by atoms with E-state index in [2.05, 4.69) is 35.0 Å². The Morgan fingerprint density at radius 1 is 1.38 bits per heavy atom. The van der Waals surface area contributed by atoms with Gasteiger partial charge in [-0.1, -0.05) is 25.1 Å². The number of fused-ring (bicyclic) bond motifs is 1. The molecule has 1 aliphatic heterocycles. The van der Waals surface area contributed by atoms with Crippen LogP contribution >= 0.6 is 0 Å². The lowest BCUT2D eigenvalue weighted by Gasteiger charge is -2.34. The Labute approximate surface area is 124 Å². The molecule has 3 rings (SSSR count). The Balaban J connectivity index is 1.88. The molecule has 0 saturated carbocycles. The molecule has 1 aromatic carbocycles. The molecule has 1 aliphatic rings. The molecule has 4 nitrogen and oxygen atoms in total. The molecule has 1 aromatic heterocycles. The highest BCUT2D eigenvalue weighted by Gasteiger charge is 2.21. The van der Waals surface area contributed by atoms with E-state index in [0.29, 0.717) is 12.5 Å². The molecule has 0 fully saturated rings. The SMILES string of the molecule is CC1Cc2ccccc2N(Cc2cncc(C(=O)O)c2)C1. The highest BCUT2D eigenvalue weighted by Crippen LogP contribution is 2.30. The van der Waals surface area contributed by atoms with Crippen LogP contribution in [-0.2, 0) is 13.0 Å². The monoisotopic (exact) mass is 282 g/mol. The number of nitrogens with zero attached hydrogens (tertiary/aromatic N) is 2. The minimum Gasteiger partial charge on any atom is -0.478 e. The largest absolute Gasteiger partial charge is 0.478 e. The van der Waals surface area contributed by atoms with Gasteiger partial charge in [0.15, 0.2) is 0 Å². The van der Waals surface area contributed by atoms with Crippen molar-refractivity contribution in [3.8, 4) is 0 Å². The van der Waals surface area contributed by atoms with Gasteiger partial charge in [-0.05, 0) is 35.6 Å². The predicted molar refractivity (Wildman–Crippen MR) is 81.6 cm³/mol. The van der Waals surface area contributed by atoms with E-state index in [0.717, 1.165) is 18.5 Å². The van der Waals surface area contributed by atoms with E-state index in [-0.39, 0.29) is 5.56 Å². The van der Waals surface area contributed by atoms with E-state index in [1.807, 2.05) is 6.07 Å². The van der Waals surface area contributed by atoms with Crippen LogP contribution in [0.2, 0.25) is 0 Å². The molecular weight excluding hydrogens is 264 g/mol. The summed E-state index contributed by atoms with van der Waals surface area (Å²) in [5.41, 5.74) is 3.78. The van der Waals surface area contributed by atoms with Crippen molar-refractivity contribution >= 4 is 11.7 Å². The summed E-state index contributed by atoms with van der Waals surface area (Å²) in [5.74, 6) is -0.340. The van der Waals surface area contributed by atoms with Crippen molar-refractivity contribution in [2.45, 2.75) is 19.9 Å². The molecular formula is C17H18N2O2. The molecule has 0 aliphatic carbocycles. The molecule has 0 spiro atoms. The van der Waals surface area contributed by atoms with Gasteiger partial charge in [-0.3, -0.25) is 4.98 Å². The predicted octanol–water partition coefficient (Wildman–Crippen LogP) is 2.98. The number of hydrogen-bond acceptors (Lipinski definition) is 3. The van der Waals surface area contributed by atoms with E-state index in [1.165, 1.54) is 17.4 Å². The number of carboxylic acid groups (broad SMARTS) is 1. The zero-order chi connectivity index (χ0) is 14.8. The topological polar surface area (TPSA) is 53.4 Å². The summed E-state index contributed by atoms with van der Waals surface area (Å²) >= 11 is 0. The standard InChI is InChI=1S/C17H18N2O2/c1-12-6-14-4-2-3-5-16(14)19(10-12)11-13-7-15(17(20)21)9-18-8-13/h2-5,7-9,12H,6,10-11H2,1H3,(H,20,21). The van der Waals surface area contributed by atoms with Crippen LogP contribution in [0.4, 0.5) is 5.69 Å². The van der Waals surface area contributed by atoms with Crippen LogP contribution < -0.4 is 4.90 Å². The number of carboxylic acids is 1. The Morgan fingerprint density at radius 2 is 2.19 bits per heavy atom. The van der Waals surface area contributed by atoms with Crippen molar-refractivity contribution in [3.63, 3.8) is 0 Å². The van der Waals surface area contributed by atoms with Gasteiger partial charge >= 0.3 is 5.97 Å². The lowest BCUT2D eigenvalue weighted by atomic mass is 9.93. The van der Waals surface area contributed by atoms with Crippen LogP contribution in [0.3, 0.4) is 0 Å². The number of rotatable bonds is 3. The summed E-state index contributed by atoms with van der Waals surface area (Å²) in [6, 6.07) is 10.1. The van der Waals surface area contributed by atoms with E-state index in [1.54, 1.807) is 12.3 Å². The van der Waals surface area contributed by atoms with Gasteiger partial charge in [0.2, 0.25) is 0 Å². The van der Waals surface area contributed by atoms with Gasteiger partial charge < -0.3 is 10.0 Å². The fraction of sp³-hybridized carbons (Fsp3) is 0.294. The molecule has 0 bridgehead atoms. The number of aromatic nitrogens is 1. The first-order valence-corrected chi connectivity index (χ1v) is 7.13. The smallest absolute Gasteiger partial charge is 0.337 e. The molecule has 108 valence electrons. The third-order valence-electron chi connectivity index (χ3n) is 3.85. The van der Waals surface area contributed by atoms with Crippen molar-refractivity contribution in [1.82, 2.24) is 4.98 Å². The average Bonchev–Trinajstić information content (AvgIpc) is 2.47. The Bertz CT molecular complexity index is 669. The molecule has 2 heterocycles. The van der Waals surface area contributed by atoms with Crippen LogP contribution in [0.25, 0.3) is 0 Å². The summed E-state index contributed by atoms with van der Waals surface area (Å²) < 4.78 is 0. The molecule has 4 heteroatoms. The van der Waals surface area contributed by atoms with E-state index in [9.17, 15) is 4.79 Å². The van der Waals surface area contributed by atoms with Gasteiger partial charge in [-0.15, -0.1) is 0 Å². The normalized spacial score (nSPS) is 17.4. The van der Waals surface area contributed by atoms with E-state index >= 15 is 0 Å². The summed E-state index contributed by atoms with van der Waals surface area (Å²) in [5, 5.41) is 9.06. The molecule has 1 N–H and O–H groups in total. The number of anilines is 1. The average molecular weight is 282 g/mol. The molecule has 2 aromatic rings. The first-order chi connectivity index (χ1) is 10.1. The lowest BCUT2D eigenvalue weighted by Crippen LogP contribution is -2.33. The molecule has 21 heavy (non-hydrogen) atoms. The summed E-state index contributed by atoms with van der Waals surface area (Å²) in [6.07, 6.45) is 4.23. The quantitative estimate of drug-likeness (QED) is 0.940. The number of aromatic carboxylic acids is 1. The number of benzene rings is 1. The highest BCUT2D eigenvalue weighted by molar-refractivity contribution is 5.87. The molecule has 0 saturated heterocycles. The Morgan fingerprint density at radius 3 is 3.00 bits per heavy atom. The summed E-state index contributed by atoms with van der Waals surface area (Å²) in [7, 11) is 0. The second-order valence-electron chi connectivity index (χ2n) is 5.71. The number of para-hydroxylation sites is 1. The van der Waals surface area contributed by atoms with Gasteiger partial charge in [0.1, 0.15) is 0 Å². The summed E-state index contributed by atoms with van der Waals surface area (Å²) in [4.78, 5) is 17.4. The lowest BCUT2D eigenvalue weighted by molar-refractivity contribution is 0.0696. The van der Waals surface area contributed by atoms with Crippen LogP contribution in [-0.4, -0.2) is 22.6 Å². The van der Waals surface area contributed by atoms with Crippen molar-refractivity contribution in [2.75, 3.05) is 11.4 Å². The minimum atomic E-state index is -0.934. The maximum Gasteiger partial charge on any atom is 0.337 e. The fourth-order valence-corrected chi connectivity index (χ4v) is 2.97. The van der Waals surface area contributed by atoms with Crippen molar-refractivity contribution in [1.29, 1.82) is 0 Å². The van der Waals surface area contributed by atoms with Crippen LogP contribution in [0, 0.1) is 5.92 Å². The Kier molecular flexibility index (Phi) is 3.60. The molecule has 0 radical (unpaired) electrons. The number of hydrogen-bond donors (Lipinski definition) is 1. The first-order valence-electron chi connectivity index (χ1n) is 7.13. The third kappa shape index (κ3) is 2.89. The molecule has 1 atom stereocenters. The number of pyridine rings is 1. The van der Waals surface area contributed by atoms with Gasteiger partial charge in [-0.2, -0.15) is 0 Å². The van der Waals surface area contributed by atoms with Crippen molar-refractivity contribution in [3.05, 3.63) is 59.4 Å². The van der Waals surface area contributed by atoms with Crippen LogP contribution in [0.5, 0.6) is 0 Å². The molecule has 1 unspecified atom stereocenters. The van der Waals surface area contributed by atoms with Gasteiger partial charge in [0.25, 0.3) is 0 Å². The minimum absolute atomic E-state index is 0.242. The second kappa shape index (κ2) is 5.56. The van der Waals surface area contributed by atoms with Crippen LogP contribution in [0.15, 0.2) is 42.7 Å². The van der Waals surface area contributed by atoms with E-state index < -0.39 is 5.97 Å². The first kappa shape index (κ1) is 13.6. The van der Waals surface area contributed by atoms with Crippen molar-refractivity contribution < 1.29 is 9.90 Å². The maximum atomic E-state index is 11.0. The second-order valence-corrected chi connectivity index (χ2v) is 5.71. The van der Waals surface area contributed by atoms with Gasteiger partial charge in [0, 0.05) is 31.2 Å². The maximum absolute atomic E-state index is 11.0. The number of carbonyl (C=O) groups is 1. The van der Waals surface area contributed by atoms with Crippen LogP contribution in [0.1, 0.15) is 28.4 Å². The highest BCUT2D eigenvalue weighted by atomic mass is 16.4. The fourth-order valence-electron chi connectivity index (χ4n) is 2.97. The molecule has 0 amide bonds. The van der Waals surface area contributed by atoms with Gasteiger partial charge in [-0.25, -0.2) is 4.79 Å². The Hall–Kier alpha value is -2.36. The van der Waals surface area contributed by atoms with Crippen molar-refractivity contribution in [2.24, 2.45) is 5.92 Å².